The number of hydrogen-bond acceptors (Lipinski definition) is 4. The van der Waals surface area contributed by atoms with Gasteiger partial charge < -0.3 is 0 Å². The Morgan fingerprint density at radius 3 is 2.46 bits per heavy atom. The van der Waals surface area contributed by atoms with E-state index in [0.717, 1.165) is 0 Å². The van der Waals surface area contributed by atoms with Gasteiger partial charge in [0.2, 0.25) is 0 Å². The SMILES string of the molecule is CC(=O)O[P+](=O)Oc1ccccc1. The van der Waals surface area contributed by atoms with Crippen molar-refractivity contribution >= 4 is 14.2 Å². The molecule has 0 saturated carbocycles. The molecule has 1 unspecified atom stereocenters. The lowest BCUT2D eigenvalue weighted by Crippen LogP contribution is -1.92. The molecular formula is C8H8O4P+. The topological polar surface area (TPSA) is 52.6 Å². The van der Waals surface area contributed by atoms with E-state index in [0.29, 0.717) is 5.75 Å². The minimum absolute atomic E-state index is 0.407. The predicted octanol–water partition coefficient (Wildman–Crippen LogP) is 2.29. The fourth-order valence-corrected chi connectivity index (χ4v) is 1.23. The summed E-state index contributed by atoms with van der Waals surface area (Å²) in [5, 5.41) is 0. The van der Waals surface area contributed by atoms with Crippen LogP contribution in [0.1, 0.15) is 6.92 Å². The fraction of sp³-hybridized carbons (Fsp3) is 0.125. The molecule has 0 N–H and O–H groups in total. The molecule has 0 saturated heterocycles. The highest BCUT2D eigenvalue weighted by Gasteiger charge is 2.25. The molecule has 1 aromatic carbocycles. The summed E-state index contributed by atoms with van der Waals surface area (Å²) in [7, 11) is -2.40. The third kappa shape index (κ3) is 3.67. The Bertz CT molecular complexity index is 309. The summed E-state index contributed by atoms with van der Waals surface area (Å²) in [6.45, 7) is 1.17. The molecule has 1 atom stereocenters. The van der Waals surface area contributed by atoms with Gasteiger partial charge in [0.15, 0.2) is 5.75 Å². The molecule has 4 nitrogen and oxygen atoms in total. The summed E-state index contributed by atoms with van der Waals surface area (Å²) in [6, 6.07) is 8.50. The first kappa shape index (κ1) is 9.68. The highest BCUT2D eigenvalue weighted by atomic mass is 31.1. The third-order valence-electron chi connectivity index (χ3n) is 1.13. The van der Waals surface area contributed by atoms with E-state index >= 15 is 0 Å². The summed E-state index contributed by atoms with van der Waals surface area (Å²) in [5.74, 6) is -0.220. The van der Waals surface area contributed by atoms with Crippen LogP contribution < -0.4 is 4.52 Å². The lowest BCUT2D eigenvalue weighted by molar-refractivity contribution is -0.131. The molecule has 5 heteroatoms. The number of rotatable bonds is 3. The van der Waals surface area contributed by atoms with Crippen molar-refractivity contribution in [1.29, 1.82) is 0 Å². The first-order valence-electron chi connectivity index (χ1n) is 3.57. The second-order valence-electron chi connectivity index (χ2n) is 2.21. The molecule has 13 heavy (non-hydrogen) atoms. The monoisotopic (exact) mass is 199 g/mol. The summed E-state index contributed by atoms with van der Waals surface area (Å²) < 4.78 is 20.0. The number of para-hydroxylation sites is 1. The van der Waals surface area contributed by atoms with Gasteiger partial charge in [0, 0.05) is 11.5 Å². The molecule has 0 aromatic heterocycles. The molecule has 1 aromatic rings. The maximum absolute atomic E-state index is 10.9. The fourth-order valence-electron chi connectivity index (χ4n) is 0.691. The minimum atomic E-state index is -2.40. The van der Waals surface area contributed by atoms with Crippen molar-refractivity contribution in [2.75, 3.05) is 0 Å². The van der Waals surface area contributed by atoms with E-state index in [1.165, 1.54) is 6.92 Å². The van der Waals surface area contributed by atoms with Crippen molar-refractivity contribution in [3.8, 4) is 5.75 Å². The normalized spacial score (nSPS) is 10.4. The van der Waals surface area contributed by atoms with Gasteiger partial charge in [0.1, 0.15) is 0 Å². The van der Waals surface area contributed by atoms with Crippen LogP contribution in [-0.2, 0) is 13.9 Å². The van der Waals surface area contributed by atoms with Crippen LogP contribution in [0.15, 0.2) is 30.3 Å². The first-order valence-corrected chi connectivity index (χ1v) is 4.67. The highest BCUT2D eigenvalue weighted by molar-refractivity contribution is 7.34. The third-order valence-corrected chi connectivity index (χ3v) is 1.89. The van der Waals surface area contributed by atoms with Gasteiger partial charge in [-0.2, -0.15) is 4.52 Å². The standard InChI is InChI=1S/C8H8O4P/c1-7(9)11-13(10)12-8-5-3-2-4-6-8/h2-6H,1H3/q+1. The number of carbonyl (C=O) groups excluding carboxylic acids is 1. The Morgan fingerprint density at radius 2 is 1.92 bits per heavy atom. The number of hydrogen-bond donors (Lipinski definition) is 0. The maximum atomic E-state index is 10.9. The van der Waals surface area contributed by atoms with Crippen molar-refractivity contribution < 1.29 is 18.4 Å². The molecule has 0 aliphatic carbocycles. The van der Waals surface area contributed by atoms with Crippen LogP contribution in [0.5, 0.6) is 5.75 Å². The lowest BCUT2D eigenvalue weighted by Gasteiger charge is -1.89. The van der Waals surface area contributed by atoms with Crippen molar-refractivity contribution in [3.63, 3.8) is 0 Å². The Morgan fingerprint density at radius 1 is 1.31 bits per heavy atom. The predicted molar refractivity (Wildman–Crippen MR) is 46.4 cm³/mol. The van der Waals surface area contributed by atoms with E-state index in [9.17, 15) is 9.36 Å². The van der Waals surface area contributed by atoms with Crippen LogP contribution in [0.25, 0.3) is 0 Å². The first-order chi connectivity index (χ1) is 6.18. The summed E-state index contributed by atoms with van der Waals surface area (Å²) in [5.41, 5.74) is 0. The van der Waals surface area contributed by atoms with Gasteiger partial charge >= 0.3 is 14.2 Å². The molecule has 68 valence electrons. The molecule has 0 fully saturated rings. The molecule has 0 aliphatic heterocycles. The molecule has 0 aliphatic rings. The number of benzene rings is 1. The van der Waals surface area contributed by atoms with Crippen molar-refractivity contribution in [3.05, 3.63) is 30.3 Å². The molecule has 0 heterocycles. The molecule has 0 spiro atoms. The smallest absolute Gasteiger partial charge is 0.247 e. The molecular weight excluding hydrogens is 191 g/mol. The second kappa shape index (κ2) is 4.58. The van der Waals surface area contributed by atoms with Gasteiger partial charge in [-0.1, -0.05) is 18.2 Å². The molecule has 1 rings (SSSR count). The zero-order chi connectivity index (χ0) is 9.68. The van der Waals surface area contributed by atoms with Crippen LogP contribution in [-0.4, -0.2) is 5.97 Å². The van der Waals surface area contributed by atoms with Crippen molar-refractivity contribution in [1.82, 2.24) is 0 Å². The van der Waals surface area contributed by atoms with Crippen LogP contribution in [0.3, 0.4) is 0 Å². The van der Waals surface area contributed by atoms with E-state index in [1.54, 1.807) is 30.3 Å². The van der Waals surface area contributed by atoms with Gasteiger partial charge in [-0.3, -0.25) is 0 Å². The Balaban J connectivity index is 2.50. The maximum Gasteiger partial charge on any atom is 0.808 e. The quantitative estimate of drug-likeness (QED) is 0.700. The van der Waals surface area contributed by atoms with Crippen LogP contribution >= 0.6 is 8.25 Å². The number of carbonyl (C=O) groups is 1. The zero-order valence-corrected chi connectivity index (χ0v) is 7.86. The van der Waals surface area contributed by atoms with Crippen molar-refractivity contribution in [2.45, 2.75) is 6.92 Å². The average Bonchev–Trinajstić information content (AvgIpc) is 2.04. The van der Waals surface area contributed by atoms with Gasteiger partial charge in [0.25, 0.3) is 0 Å². The largest absolute Gasteiger partial charge is 0.808 e. The van der Waals surface area contributed by atoms with Crippen LogP contribution in [0, 0.1) is 0 Å². The highest BCUT2D eigenvalue weighted by Crippen LogP contribution is 2.27. The molecule has 0 amide bonds. The van der Waals surface area contributed by atoms with Gasteiger partial charge in [-0.15, -0.1) is 0 Å². The average molecular weight is 199 g/mol. The van der Waals surface area contributed by atoms with E-state index in [-0.39, 0.29) is 0 Å². The Labute approximate surface area is 76.4 Å². The minimum Gasteiger partial charge on any atom is -0.247 e. The lowest BCUT2D eigenvalue weighted by atomic mass is 10.3. The summed E-state index contributed by atoms with van der Waals surface area (Å²) >= 11 is 0. The van der Waals surface area contributed by atoms with E-state index in [4.69, 9.17) is 4.52 Å². The van der Waals surface area contributed by atoms with Gasteiger partial charge in [-0.25, -0.2) is 9.32 Å². The second-order valence-corrected chi connectivity index (χ2v) is 3.02. The van der Waals surface area contributed by atoms with E-state index in [2.05, 4.69) is 4.52 Å². The summed E-state index contributed by atoms with van der Waals surface area (Å²) in [4.78, 5) is 10.4. The molecule has 0 bridgehead atoms. The Hall–Kier alpha value is -1.41. The van der Waals surface area contributed by atoms with Crippen LogP contribution in [0.2, 0.25) is 0 Å². The Kier molecular flexibility index (Phi) is 3.41. The zero-order valence-electron chi connectivity index (χ0n) is 6.97. The van der Waals surface area contributed by atoms with Crippen LogP contribution in [0.4, 0.5) is 0 Å². The van der Waals surface area contributed by atoms with Gasteiger partial charge in [0.05, 0.1) is 0 Å². The van der Waals surface area contributed by atoms with Crippen molar-refractivity contribution in [2.24, 2.45) is 0 Å². The van der Waals surface area contributed by atoms with E-state index < -0.39 is 14.2 Å². The molecule has 0 radical (unpaired) electrons. The van der Waals surface area contributed by atoms with Gasteiger partial charge in [-0.05, 0) is 12.1 Å². The summed E-state index contributed by atoms with van der Waals surface area (Å²) in [6.07, 6.45) is 0. The van der Waals surface area contributed by atoms with E-state index in [1.807, 2.05) is 0 Å².